The fraction of sp³-hybridized carbons (Fsp3) is 0.0800. The molecule has 152 valence electrons. The van der Waals surface area contributed by atoms with Crippen molar-refractivity contribution in [1.82, 2.24) is 19.9 Å². The summed E-state index contributed by atoms with van der Waals surface area (Å²) in [5.74, 6) is 1.48. The molecule has 1 aromatic carbocycles. The lowest BCUT2D eigenvalue weighted by Gasteiger charge is -2.12. The van der Waals surface area contributed by atoms with Crippen LogP contribution in [0.1, 0.15) is 5.56 Å². The van der Waals surface area contributed by atoms with Gasteiger partial charge in [-0.1, -0.05) is 18.2 Å². The van der Waals surface area contributed by atoms with E-state index < -0.39 is 0 Å². The van der Waals surface area contributed by atoms with Crippen LogP contribution in [0.5, 0.6) is 5.75 Å². The quantitative estimate of drug-likeness (QED) is 0.399. The first kappa shape index (κ1) is 18.8. The highest BCUT2D eigenvalue weighted by molar-refractivity contribution is 5.83. The Morgan fingerprint density at radius 1 is 0.935 bits per heavy atom. The number of rotatable bonds is 6. The van der Waals surface area contributed by atoms with Crippen molar-refractivity contribution in [2.24, 2.45) is 0 Å². The number of fused-ring (bicyclic) bond motifs is 1. The van der Waals surface area contributed by atoms with Crippen molar-refractivity contribution in [1.29, 1.82) is 0 Å². The van der Waals surface area contributed by atoms with Gasteiger partial charge >= 0.3 is 0 Å². The highest BCUT2D eigenvalue weighted by Gasteiger charge is 2.10. The van der Waals surface area contributed by atoms with E-state index in [2.05, 4.69) is 44.5 Å². The van der Waals surface area contributed by atoms with Crippen LogP contribution in [0, 0.1) is 0 Å². The second kappa shape index (κ2) is 8.28. The van der Waals surface area contributed by atoms with Crippen molar-refractivity contribution in [2.75, 3.05) is 12.4 Å². The second-order valence-electron chi connectivity index (χ2n) is 7.16. The van der Waals surface area contributed by atoms with Gasteiger partial charge in [-0.2, -0.15) is 0 Å². The zero-order chi connectivity index (χ0) is 21.0. The molecule has 0 aliphatic rings. The molecular formula is C25H21N5O. The number of hydrogen-bond acceptors (Lipinski definition) is 5. The lowest BCUT2D eigenvalue weighted by atomic mass is 10.1. The van der Waals surface area contributed by atoms with Crippen LogP contribution in [0.4, 0.5) is 5.82 Å². The molecule has 5 aromatic rings. The van der Waals surface area contributed by atoms with Gasteiger partial charge < -0.3 is 15.0 Å². The summed E-state index contributed by atoms with van der Waals surface area (Å²) >= 11 is 0. The number of aromatic amines is 1. The normalized spacial score (nSPS) is 10.9. The maximum atomic E-state index is 5.35. The number of aromatic nitrogens is 4. The molecule has 6 nitrogen and oxygen atoms in total. The first-order valence-electron chi connectivity index (χ1n) is 10.0. The molecule has 0 saturated carbocycles. The Kier molecular flexibility index (Phi) is 5.02. The number of ether oxygens (including phenoxy) is 1. The lowest BCUT2D eigenvalue weighted by molar-refractivity contribution is 0.413. The molecule has 31 heavy (non-hydrogen) atoms. The number of anilines is 1. The van der Waals surface area contributed by atoms with Crippen LogP contribution in [0.25, 0.3) is 33.4 Å². The molecule has 0 atom stereocenters. The Hall–Kier alpha value is -4.19. The minimum Gasteiger partial charge on any atom is -0.495 e. The van der Waals surface area contributed by atoms with Crippen molar-refractivity contribution < 1.29 is 4.74 Å². The maximum absolute atomic E-state index is 5.35. The van der Waals surface area contributed by atoms with Crippen LogP contribution in [-0.4, -0.2) is 27.0 Å². The average Bonchev–Trinajstić information content (AvgIpc) is 3.33. The molecule has 0 aliphatic heterocycles. The van der Waals surface area contributed by atoms with Gasteiger partial charge in [0.25, 0.3) is 0 Å². The summed E-state index contributed by atoms with van der Waals surface area (Å²) in [5, 5.41) is 4.69. The minimum absolute atomic E-state index is 0.656. The fourth-order valence-electron chi connectivity index (χ4n) is 3.61. The molecule has 0 saturated heterocycles. The number of pyridine rings is 3. The molecule has 5 rings (SSSR count). The highest BCUT2D eigenvalue weighted by Crippen LogP contribution is 2.29. The summed E-state index contributed by atoms with van der Waals surface area (Å²) in [7, 11) is 1.64. The zero-order valence-corrected chi connectivity index (χ0v) is 17.0. The van der Waals surface area contributed by atoms with Crippen LogP contribution in [-0.2, 0) is 6.54 Å². The monoisotopic (exact) mass is 407 g/mol. The fourth-order valence-corrected chi connectivity index (χ4v) is 3.61. The molecule has 0 fully saturated rings. The van der Waals surface area contributed by atoms with Crippen molar-refractivity contribution in [3.63, 3.8) is 0 Å². The lowest BCUT2D eigenvalue weighted by Crippen LogP contribution is -2.03. The van der Waals surface area contributed by atoms with E-state index >= 15 is 0 Å². The Balaban J connectivity index is 1.53. The SMILES string of the molecule is COc1cncc(-c2cc(NCc3cccc4[nH]ccc34)nc(-c3ccccn3)c2)c1. The first-order chi connectivity index (χ1) is 15.3. The topological polar surface area (TPSA) is 75.7 Å². The number of H-pyrrole nitrogens is 1. The summed E-state index contributed by atoms with van der Waals surface area (Å²) in [6, 6.07) is 20.2. The first-order valence-corrected chi connectivity index (χ1v) is 10.0. The van der Waals surface area contributed by atoms with Crippen LogP contribution >= 0.6 is 0 Å². The predicted octanol–water partition coefficient (Wildman–Crippen LogP) is 5.31. The van der Waals surface area contributed by atoms with Gasteiger partial charge in [0, 0.05) is 41.6 Å². The number of nitrogens with zero attached hydrogens (tertiary/aromatic N) is 3. The highest BCUT2D eigenvalue weighted by atomic mass is 16.5. The number of benzene rings is 1. The van der Waals surface area contributed by atoms with E-state index in [1.165, 1.54) is 10.9 Å². The second-order valence-corrected chi connectivity index (χ2v) is 7.16. The summed E-state index contributed by atoms with van der Waals surface area (Å²) in [6.07, 6.45) is 7.25. The number of hydrogen-bond donors (Lipinski definition) is 2. The number of methoxy groups -OCH3 is 1. The summed E-state index contributed by atoms with van der Waals surface area (Å²) in [5.41, 5.74) is 5.88. The molecule has 2 N–H and O–H groups in total. The molecule has 0 spiro atoms. The van der Waals surface area contributed by atoms with Crippen molar-refractivity contribution in [3.05, 3.63) is 91.0 Å². The standard InChI is InChI=1S/C25H21N5O/c1-31-20-11-19(14-26-16-20)18-12-24(23-6-2-3-9-27-23)30-25(13-18)29-15-17-5-4-7-22-21(17)8-10-28-22/h2-14,16,28H,15H2,1H3,(H,29,30). The molecule has 4 aromatic heterocycles. The largest absolute Gasteiger partial charge is 0.495 e. The molecule has 4 heterocycles. The zero-order valence-electron chi connectivity index (χ0n) is 17.0. The maximum Gasteiger partial charge on any atom is 0.137 e. The van der Waals surface area contributed by atoms with Crippen molar-refractivity contribution >= 4 is 16.7 Å². The summed E-state index contributed by atoms with van der Waals surface area (Å²) < 4.78 is 5.35. The molecule has 6 heteroatoms. The van der Waals surface area contributed by atoms with Gasteiger partial charge in [0.15, 0.2) is 0 Å². The van der Waals surface area contributed by atoms with Crippen LogP contribution in [0.3, 0.4) is 0 Å². The van der Waals surface area contributed by atoms with Gasteiger partial charge in [0.2, 0.25) is 0 Å². The smallest absolute Gasteiger partial charge is 0.137 e. The summed E-state index contributed by atoms with van der Waals surface area (Å²) in [4.78, 5) is 16.9. The Bertz CT molecular complexity index is 1330. The van der Waals surface area contributed by atoms with Gasteiger partial charge in [0.1, 0.15) is 11.6 Å². The number of nitrogens with one attached hydrogen (secondary N) is 2. The van der Waals surface area contributed by atoms with E-state index in [1.807, 2.05) is 48.8 Å². The Morgan fingerprint density at radius 2 is 1.90 bits per heavy atom. The minimum atomic E-state index is 0.656. The van der Waals surface area contributed by atoms with Gasteiger partial charge in [-0.15, -0.1) is 0 Å². The molecule has 0 amide bonds. The molecule has 0 unspecified atom stereocenters. The Labute approximate surface area is 180 Å². The van der Waals surface area contributed by atoms with E-state index in [-0.39, 0.29) is 0 Å². The van der Waals surface area contributed by atoms with Crippen LogP contribution in [0.15, 0.2) is 85.5 Å². The van der Waals surface area contributed by atoms with Crippen molar-refractivity contribution in [2.45, 2.75) is 6.54 Å². The van der Waals surface area contributed by atoms with Gasteiger partial charge in [-0.05, 0) is 53.6 Å². The molecule has 0 radical (unpaired) electrons. The molecular weight excluding hydrogens is 386 g/mol. The average molecular weight is 407 g/mol. The van der Waals surface area contributed by atoms with E-state index in [0.29, 0.717) is 12.3 Å². The van der Waals surface area contributed by atoms with Crippen LogP contribution < -0.4 is 10.1 Å². The van der Waals surface area contributed by atoms with Gasteiger partial charge in [-0.3, -0.25) is 9.97 Å². The third-order valence-corrected chi connectivity index (χ3v) is 5.18. The van der Waals surface area contributed by atoms with Gasteiger partial charge in [0.05, 0.1) is 24.7 Å². The van der Waals surface area contributed by atoms with E-state index in [4.69, 9.17) is 9.72 Å². The van der Waals surface area contributed by atoms with E-state index in [9.17, 15) is 0 Å². The predicted molar refractivity (Wildman–Crippen MR) is 123 cm³/mol. The molecule has 0 aliphatic carbocycles. The molecule has 0 bridgehead atoms. The van der Waals surface area contributed by atoms with Crippen molar-refractivity contribution in [3.8, 4) is 28.3 Å². The van der Waals surface area contributed by atoms with Crippen LogP contribution in [0.2, 0.25) is 0 Å². The van der Waals surface area contributed by atoms with Gasteiger partial charge in [-0.25, -0.2) is 4.98 Å². The van der Waals surface area contributed by atoms with E-state index in [1.54, 1.807) is 19.5 Å². The Morgan fingerprint density at radius 3 is 2.77 bits per heavy atom. The third kappa shape index (κ3) is 3.96. The third-order valence-electron chi connectivity index (χ3n) is 5.18. The van der Waals surface area contributed by atoms with E-state index in [0.717, 1.165) is 33.8 Å². The summed E-state index contributed by atoms with van der Waals surface area (Å²) in [6.45, 7) is 0.656.